The van der Waals surface area contributed by atoms with Gasteiger partial charge in [-0.25, -0.2) is 4.98 Å². The van der Waals surface area contributed by atoms with Crippen molar-refractivity contribution in [2.24, 2.45) is 0 Å². The number of hydrogen-bond acceptors (Lipinski definition) is 6. The van der Waals surface area contributed by atoms with Gasteiger partial charge in [0.1, 0.15) is 12.0 Å². The van der Waals surface area contributed by atoms with Gasteiger partial charge in [-0.3, -0.25) is 14.9 Å². The molecule has 0 radical (unpaired) electrons. The van der Waals surface area contributed by atoms with Crippen molar-refractivity contribution in [3.8, 4) is 0 Å². The molecule has 0 unspecified atom stereocenters. The Labute approximate surface area is 116 Å². The summed E-state index contributed by atoms with van der Waals surface area (Å²) < 4.78 is 0. The number of carbonyl (C=O) groups excluding carboxylic acids is 1. The minimum Gasteiger partial charge on any atom is -0.396 e. The highest BCUT2D eigenvalue weighted by Gasteiger charge is 2.19. The van der Waals surface area contributed by atoms with Gasteiger partial charge in [-0.15, -0.1) is 0 Å². The van der Waals surface area contributed by atoms with E-state index in [2.05, 4.69) is 4.98 Å². The fraction of sp³-hybridized carbons (Fsp3) is 0.500. The van der Waals surface area contributed by atoms with E-state index in [9.17, 15) is 14.9 Å². The van der Waals surface area contributed by atoms with Crippen LogP contribution < -0.4 is 5.73 Å². The molecule has 1 heterocycles. The number of aliphatic hydroxyl groups is 1. The van der Waals surface area contributed by atoms with Crippen LogP contribution in [0.3, 0.4) is 0 Å². The normalized spacial score (nSPS) is 10.3. The third-order valence-electron chi connectivity index (χ3n) is 2.84. The maximum absolute atomic E-state index is 12.1. The summed E-state index contributed by atoms with van der Waals surface area (Å²) in [6.07, 6.45) is 3.25. The Kier molecular flexibility index (Phi) is 5.85. The summed E-state index contributed by atoms with van der Waals surface area (Å²) in [6.45, 7) is 0.611. The Bertz CT molecular complexity index is 492. The number of anilines is 1. The van der Waals surface area contributed by atoms with Gasteiger partial charge in [0, 0.05) is 26.3 Å². The van der Waals surface area contributed by atoms with E-state index >= 15 is 0 Å². The van der Waals surface area contributed by atoms with E-state index in [4.69, 9.17) is 10.8 Å². The highest BCUT2D eigenvalue weighted by molar-refractivity contribution is 5.98. The molecular weight excluding hydrogens is 264 g/mol. The van der Waals surface area contributed by atoms with Crippen LogP contribution in [-0.2, 0) is 0 Å². The van der Waals surface area contributed by atoms with Gasteiger partial charge < -0.3 is 15.7 Å². The van der Waals surface area contributed by atoms with Gasteiger partial charge in [-0.1, -0.05) is 0 Å². The molecule has 0 aromatic carbocycles. The lowest BCUT2D eigenvalue weighted by Gasteiger charge is -2.17. The predicted molar refractivity (Wildman–Crippen MR) is 73.2 cm³/mol. The maximum Gasteiger partial charge on any atom is 0.288 e. The van der Waals surface area contributed by atoms with Gasteiger partial charge in [0.05, 0.1) is 10.5 Å². The molecule has 0 aliphatic rings. The lowest BCUT2D eigenvalue weighted by Crippen LogP contribution is -2.28. The molecule has 0 bridgehead atoms. The number of pyridine rings is 1. The van der Waals surface area contributed by atoms with E-state index in [1.807, 2.05) is 0 Å². The van der Waals surface area contributed by atoms with Crippen molar-refractivity contribution in [1.29, 1.82) is 0 Å². The molecule has 1 aromatic rings. The molecular formula is C12H18N4O4. The third-order valence-corrected chi connectivity index (χ3v) is 2.84. The first-order chi connectivity index (χ1) is 9.47. The van der Waals surface area contributed by atoms with Crippen LogP contribution in [-0.4, -0.2) is 46.0 Å². The Balaban J connectivity index is 2.75. The molecule has 0 saturated heterocycles. The van der Waals surface area contributed by atoms with E-state index in [-0.39, 0.29) is 23.7 Å². The van der Waals surface area contributed by atoms with Crippen molar-refractivity contribution in [2.45, 2.75) is 19.3 Å². The van der Waals surface area contributed by atoms with E-state index < -0.39 is 10.8 Å². The Hall–Kier alpha value is -2.22. The van der Waals surface area contributed by atoms with Gasteiger partial charge in [-0.05, 0) is 19.3 Å². The van der Waals surface area contributed by atoms with Crippen LogP contribution in [0.2, 0.25) is 0 Å². The van der Waals surface area contributed by atoms with Crippen molar-refractivity contribution < 1.29 is 14.8 Å². The molecule has 1 rings (SSSR count). The predicted octanol–water partition coefficient (Wildman–Crippen LogP) is 0.807. The molecule has 20 heavy (non-hydrogen) atoms. The minimum atomic E-state index is -0.621. The number of nitrogens with zero attached hydrogens (tertiary/aromatic N) is 3. The summed E-state index contributed by atoms with van der Waals surface area (Å²) in [5.41, 5.74) is 5.35. The summed E-state index contributed by atoms with van der Waals surface area (Å²) in [5.74, 6) is -0.425. The molecule has 0 spiro atoms. The molecule has 110 valence electrons. The molecule has 0 fully saturated rings. The number of nitro groups is 1. The van der Waals surface area contributed by atoms with E-state index in [0.29, 0.717) is 13.0 Å². The number of aromatic nitrogens is 1. The summed E-state index contributed by atoms with van der Waals surface area (Å²) in [5, 5.41) is 19.3. The zero-order valence-electron chi connectivity index (χ0n) is 11.3. The Morgan fingerprint density at radius 1 is 1.50 bits per heavy atom. The maximum atomic E-state index is 12.1. The van der Waals surface area contributed by atoms with Crippen LogP contribution in [0.1, 0.15) is 29.6 Å². The summed E-state index contributed by atoms with van der Waals surface area (Å²) in [7, 11) is 1.60. The standard InChI is InChI=1S/C12H18N4O4/c1-15(5-3-2-4-6-17)12(18)10-7-9(16(19)20)8-14-11(10)13/h7-8,17H,2-6H2,1H3,(H2,13,14). The van der Waals surface area contributed by atoms with Gasteiger partial charge in [-0.2, -0.15) is 0 Å². The first kappa shape index (κ1) is 15.8. The van der Waals surface area contributed by atoms with Crippen molar-refractivity contribution in [3.63, 3.8) is 0 Å². The Morgan fingerprint density at radius 3 is 2.80 bits per heavy atom. The molecule has 1 amide bonds. The van der Waals surface area contributed by atoms with Gasteiger partial charge in [0.25, 0.3) is 11.6 Å². The van der Waals surface area contributed by atoms with E-state index in [1.165, 1.54) is 4.90 Å². The zero-order chi connectivity index (χ0) is 15.1. The monoisotopic (exact) mass is 282 g/mol. The lowest BCUT2D eigenvalue weighted by atomic mass is 10.2. The van der Waals surface area contributed by atoms with E-state index in [0.717, 1.165) is 25.1 Å². The second-order valence-electron chi connectivity index (χ2n) is 4.39. The fourth-order valence-corrected chi connectivity index (χ4v) is 1.68. The van der Waals surface area contributed by atoms with Crippen LogP contribution in [0.4, 0.5) is 11.5 Å². The number of carbonyl (C=O) groups is 1. The van der Waals surface area contributed by atoms with Crippen molar-refractivity contribution in [2.75, 3.05) is 25.9 Å². The SMILES string of the molecule is CN(CCCCCO)C(=O)c1cc([N+](=O)[O-])cnc1N. The summed E-state index contributed by atoms with van der Waals surface area (Å²) in [6, 6.07) is 1.13. The average Bonchev–Trinajstić information content (AvgIpc) is 2.42. The first-order valence-corrected chi connectivity index (χ1v) is 6.23. The molecule has 0 atom stereocenters. The molecule has 1 aromatic heterocycles. The lowest BCUT2D eigenvalue weighted by molar-refractivity contribution is -0.385. The largest absolute Gasteiger partial charge is 0.396 e. The van der Waals surface area contributed by atoms with Crippen LogP contribution in [0.15, 0.2) is 12.3 Å². The zero-order valence-corrected chi connectivity index (χ0v) is 11.3. The van der Waals surface area contributed by atoms with Crippen LogP contribution >= 0.6 is 0 Å². The second-order valence-corrected chi connectivity index (χ2v) is 4.39. The first-order valence-electron chi connectivity index (χ1n) is 6.23. The number of aliphatic hydroxyl groups excluding tert-OH is 1. The smallest absolute Gasteiger partial charge is 0.288 e. The van der Waals surface area contributed by atoms with Crippen molar-refractivity contribution in [1.82, 2.24) is 9.88 Å². The van der Waals surface area contributed by atoms with Crippen LogP contribution in [0.25, 0.3) is 0 Å². The van der Waals surface area contributed by atoms with Crippen LogP contribution in [0.5, 0.6) is 0 Å². The molecule has 0 saturated carbocycles. The topological polar surface area (TPSA) is 123 Å². The van der Waals surface area contributed by atoms with Gasteiger partial charge >= 0.3 is 0 Å². The third kappa shape index (κ3) is 4.16. The number of nitrogen functional groups attached to an aromatic ring is 1. The number of hydrogen-bond donors (Lipinski definition) is 2. The molecule has 0 aliphatic carbocycles. The summed E-state index contributed by atoms with van der Waals surface area (Å²) >= 11 is 0. The Morgan fingerprint density at radius 2 is 2.20 bits per heavy atom. The highest BCUT2D eigenvalue weighted by Crippen LogP contribution is 2.18. The fourth-order valence-electron chi connectivity index (χ4n) is 1.68. The molecule has 3 N–H and O–H groups in total. The van der Waals surface area contributed by atoms with Gasteiger partial charge in [0.15, 0.2) is 0 Å². The highest BCUT2D eigenvalue weighted by atomic mass is 16.6. The number of nitrogens with two attached hydrogens (primary N) is 1. The van der Waals surface area contributed by atoms with Crippen LogP contribution in [0, 0.1) is 10.1 Å². The molecule has 0 aliphatic heterocycles. The number of rotatable bonds is 7. The number of unbranched alkanes of at least 4 members (excludes halogenated alkanes) is 2. The van der Waals surface area contributed by atoms with Gasteiger partial charge in [0.2, 0.25) is 0 Å². The number of amides is 1. The van der Waals surface area contributed by atoms with E-state index in [1.54, 1.807) is 7.05 Å². The average molecular weight is 282 g/mol. The minimum absolute atomic E-state index is 0.0252. The quantitative estimate of drug-likeness (QED) is 0.433. The van der Waals surface area contributed by atoms with Crippen molar-refractivity contribution >= 4 is 17.4 Å². The molecule has 8 heteroatoms. The molecule has 8 nitrogen and oxygen atoms in total. The second kappa shape index (κ2) is 7.39. The summed E-state index contributed by atoms with van der Waals surface area (Å²) in [4.78, 5) is 27.3. The van der Waals surface area contributed by atoms with Crippen molar-refractivity contribution in [3.05, 3.63) is 27.9 Å².